The molecule has 6 aromatic carbocycles. The minimum absolute atomic E-state index is 0.0215. The standard InChI is InChI=1S/C45H30N4O/c1-3-11-29(12-4-1)43-46-44(30-13-5-2-6-14-30)48-45(47-43)31-19-23-34(24-20-31)49-39-17-9-7-15-35(39)36-25-21-33(28-40(36)49)32-22-26-42-38(27-32)37-16-8-10-18-41(37)50-42/h1-28,31,34H. The molecule has 10 rings (SSSR count). The predicted octanol–water partition coefficient (Wildman–Crippen LogP) is 11.3. The normalized spacial score (nSPS) is 15.8. The molecule has 9 aromatic rings. The lowest BCUT2D eigenvalue weighted by Crippen LogP contribution is -2.11. The summed E-state index contributed by atoms with van der Waals surface area (Å²) in [7, 11) is 0. The Hall–Kier alpha value is -6.59. The maximum Gasteiger partial charge on any atom is 0.163 e. The molecule has 5 nitrogen and oxygen atoms in total. The number of aromatic nitrogens is 4. The van der Waals surface area contributed by atoms with Gasteiger partial charge >= 0.3 is 0 Å². The summed E-state index contributed by atoms with van der Waals surface area (Å²) in [6.45, 7) is 0. The summed E-state index contributed by atoms with van der Waals surface area (Å²) in [5, 5.41) is 4.75. The number of para-hydroxylation sites is 2. The number of fused-ring (bicyclic) bond motifs is 6. The first kappa shape index (κ1) is 28.4. The molecule has 0 bridgehead atoms. The number of allylic oxidation sites excluding steroid dienone is 4. The summed E-state index contributed by atoms with van der Waals surface area (Å²) in [6, 6.07) is 50.5. The third-order valence-corrected chi connectivity index (χ3v) is 9.77. The van der Waals surface area contributed by atoms with Gasteiger partial charge in [-0.2, -0.15) is 0 Å². The Labute approximate surface area is 288 Å². The third-order valence-electron chi connectivity index (χ3n) is 9.77. The van der Waals surface area contributed by atoms with Crippen LogP contribution >= 0.6 is 0 Å². The van der Waals surface area contributed by atoms with E-state index in [1.54, 1.807) is 0 Å². The Morgan fingerprint density at radius 3 is 1.74 bits per heavy atom. The molecule has 3 heterocycles. The Kier molecular flexibility index (Phi) is 6.56. The van der Waals surface area contributed by atoms with E-state index < -0.39 is 0 Å². The van der Waals surface area contributed by atoms with Gasteiger partial charge in [-0.3, -0.25) is 0 Å². The highest BCUT2D eigenvalue weighted by molar-refractivity contribution is 6.10. The Balaban J connectivity index is 1.05. The average Bonchev–Trinajstić information content (AvgIpc) is 3.73. The van der Waals surface area contributed by atoms with Crippen LogP contribution in [0, 0.1) is 0 Å². The van der Waals surface area contributed by atoms with E-state index in [0.717, 1.165) is 44.5 Å². The van der Waals surface area contributed by atoms with E-state index in [4.69, 9.17) is 19.4 Å². The van der Waals surface area contributed by atoms with Crippen molar-refractivity contribution in [1.29, 1.82) is 0 Å². The monoisotopic (exact) mass is 642 g/mol. The van der Waals surface area contributed by atoms with Crippen LogP contribution < -0.4 is 0 Å². The first-order valence-corrected chi connectivity index (χ1v) is 16.9. The van der Waals surface area contributed by atoms with Crippen LogP contribution in [0.25, 0.3) is 77.6 Å². The van der Waals surface area contributed by atoms with E-state index >= 15 is 0 Å². The Morgan fingerprint density at radius 2 is 1.00 bits per heavy atom. The maximum absolute atomic E-state index is 6.12. The molecule has 0 aliphatic heterocycles. The highest BCUT2D eigenvalue weighted by Crippen LogP contribution is 2.39. The van der Waals surface area contributed by atoms with Crippen molar-refractivity contribution >= 4 is 43.7 Å². The van der Waals surface area contributed by atoms with E-state index in [0.29, 0.717) is 11.6 Å². The molecule has 0 atom stereocenters. The Morgan fingerprint density at radius 1 is 0.420 bits per heavy atom. The third kappa shape index (κ3) is 4.74. The van der Waals surface area contributed by atoms with Gasteiger partial charge in [-0.25, -0.2) is 15.0 Å². The topological polar surface area (TPSA) is 56.7 Å². The molecule has 1 aliphatic rings. The van der Waals surface area contributed by atoms with Crippen LogP contribution in [0.1, 0.15) is 17.8 Å². The molecule has 0 saturated carbocycles. The van der Waals surface area contributed by atoms with Crippen molar-refractivity contribution in [2.45, 2.75) is 12.0 Å². The van der Waals surface area contributed by atoms with E-state index in [1.807, 2.05) is 72.8 Å². The van der Waals surface area contributed by atoms with Gasteiger partial charge in [-0.1, -0.05) is 140 Å². The molecular weight excluding hydrogens is 613 g/mol. The molecule has 5 heteroatoms. The number of rotatable bonds is 5. The molecule has 0 spiro atoms. The van der Waals surface area contributed by atoms with Gasteiger partial charge in [0.2, 0.25) is 0 Å². The highest BCUT2D eigenvalue weighted by Gasteiger charge is 2.22. The number of nitrogens with zero attached hydrogens (tertiary/aromatic N) is 4. The number of furan rings is 1. The smallest absolute Gasteiger partial charge is 0.163 e. The average molecular weight is 643 g/mol. The fourth-order valence-electron chi connectivity index (χ4n) is 7.32. The molecular formula is C45H30N4O. The molecule has 0 fully saturated rings. The molecule has 1 aliphatic carbocycles. The zero-order chi connectivity index (χ0) is 33.0. The fourth-order valence-corrected chi connectivity index (χ4v) is 7.32. The molecule has 3 aromatic heterocycles. The maximum atomic E-state index is 6.12. The molecule has 0 radical (unpaired) electrons. The second-order valence-electron chi connectivity index (χ2n) is 12.8. The van der Waals surface area contributed by atoms with Crippen LogP contribution in [0.2, 0.25) is 0 Å². The molecule has 0 N–H and O–H groups in total. The zero-order valence-corrected chi connectivity index (χ0v) is 27.0. The van der Waals surface area contributed by atoms with E-state index in [-0.39, 0.29) is 12.0 Å². The van der Waals surface area contributed by atoms with Gasteiger partial charge in [0.05, 0.1) is 17.5 Å². The van der Waals surface area contributed by atoms with Crippen LogP contribution in [-0.4, -0.2) is 19.5 Å². The molecule has 50 heavy (non-hydrogen) atoms. The minimum atomic E-state index is -0.0839. The lowest BCUT2D eigenvalue weighted by atomic mass is 9.99. The van der Waals surface area contributed by atoms with Crippen molar-refractivity contribution in [3.8, 4) is 33.9 Å². The molecule has 0 amide bonds. The highest BCUT2D eigenvalue weighted by atomic mass is 16.3. The first-order valence-electron chi connectivity index (χ1n) is 16.9. The van der Waals surface area contributed by atoms with Crippen molar-refractivity contribution in [3.63, 3.8) is 0 Å². The zero-order valence-electron chi connectivity index (χ0n) is 27.0. The second kappa shape index (κ2) is 11.5. The van der Waals surface area contributed by atoms with Crippen LogP contribution in [-0.2, 0) is 0 Å². The van der Waals surface area contributed by atoms with Crippen molar-refractivity contribution in [1.82, 2.24) is 19.5 Å². The molecule has 236 valence electrons. The number of hydrogen-bond donors (Lipinski definition) is 0. The summed E-state index contributed by atoms with van der Waals surface area (Å²) in [5.74, 6) is 2.00. The summed E-state index contributed by atoms with van der Waals surface area (Å²) in [5.41, 5.74) is 8.48. The van der Waals surface area contributed by atoms with Gasteiger partial charge in [-0.15, -0.1) is 0 Å². The van der Waals surface area contributed by atoms with Gasteiger partial charge in [-0.05, 0) is 41.5 Å². The number of benzene rings is 6. The van der Waals surface area contributed by atoms with Crippen molar-refractivity contribution in [2.24, 2.45) is 0 Å². The van der Waals surface area contributed by atoms with Gasteiger partial charge in [0.15, 0.2) is 11.6 Å². The van der Waals surface area contributed by atoms with E-state index in [1.165, 1.54) is 27.4 Å². The van der Waals surface area contributed by atoms with Crippen LogP contribution in [0.15, 0.2) is 174 Å². The summed E-state index contributed by atoms with van der Waals surface area (Å²) in [4.78, 5) is 14.8. The van der Waals surface area contributed by atoms with Crippen molar-refractivity contribution in [2.75, 3.05) is 0 Å². The SMILES string of the molecule is C1=CC(n2c3ccccc3c3ccc(-c4ccc5oc6ccccc6c5c4)cc32)C=CC1c1nc(-c2ccccc2)nc(-c2ccccc2)n1. The van der Waals surface area contributed by atoms with Crippen LogP contribution in [0.5, 0.6) is 0 Å². The van der Waals surface area contributed by atoms with Crippen molar-refractivity contribution in [3.05, 3.63) is 176 Å². The minimum Gasteiger partial charge on any atom is -0.456 e. The molecule has 0 unspecified atom stereocenters. The van der Waals surface area contributed by atoms with E-state index in [9.17, 15) is 0 Å². The first-order chi connectivity index (χ1) is 24.8. The van der Waals surface area contributed by atoms with E-state index in [2.05, 4.69) is 102 Å². The summed E-state index contributed by atoms with van der Waals surface area (Å²) >= 11 is 0. The summed E-state index contributed by atoms with van der Waals surface area (Å²) < 4.78 is 8.56. The van der Waals surface area contributed by atoms with Gasteiger partial charge in [0, 0.05) is 38.2 Å². The summed E-state index contributed by atoms with van der Waals surface area (Å²) in [6.07, 6.45) is 9.01. The van der Waals surface area contributed by atoms with Crippen molar-refractivity contribution < 1.29 is 4.42 Å². The van der Waals surface area contributed by atoms with Gasteiger partial charge in [0.1, 0.15) is 17.0 Å². The second-order valence-corrected chi connectivity index (χ2v) is 12.8. The fraction of sp³-hybridized carbons (Fsp3) is 0.0444. The lowest BCUT2D eigenvalue weighted by molar-refractivity contribution is 0.669. The quantitative estimate of drug-likeness (QED) is 0.175. The lowest BCUT2D eigenvalue weighted by Gasteiger charge is -2.20. The number of hydrogen-bond acceptors (Lipinski definition) is 4. The predicted molar refractivity (Wildman–Crippen MR) is 203 cm³/mol. The Bertz CT molecular complexity index is 2700. The largest absolute Gasteiger partial charge is 0.456 e. The molecule has 0 saturated heterocycles. The van der Waals surface area contributed by atoms with Crippen LogP contribution in [0.3, 0.4) is 0 Å². The van der Waals surface area contributed by atoms with Gasteiger partial charge < -0.3 is 8.98 Å². The van der Waals surface area contributed by atoms with Crippen LogP contribution in [0.4, 0.5) is 0 Å². The van der Waals surface area contributed by atoms with Gasteiger partial charge in [0.25, 0.3) is 0 Å².